The highest BCUT2D eigenvalue weighted by Crippen LogP contribution is 2.34. The van der Waals surface area contributed by atoms with E-state index in [1.807, 2.05) is 5.38 Å². The molecule has 0 atom stereocenters. The predicted molar refractivity (Wildman–Crippen MR) is 106 cm³/mol. The van der Waals surface area contributed by atoms with Gasteiger partial charge in [0.15, 0.2) is 0 Å². The van der Waals surface area contributed by atoms with Crippen LogP contribution in [0.2, 0.25) is 0 Å². The van der Waals surface area contributed by atoms with Crippen molar-refractivity contribution in [3.8, 4) is 5.00 Å². The first-order valence-electron chi connectivity index (χ1n) is 8.12. The molecule has 0 aromatic carbocycles. The molecule has 136 valence electrons. The quantitative estimate of drug-likeness (QED) is 0.573. The Morgan fingerprint density at radius 1 is 1.19 bits per heavy atom. The van der Waals surface area contributed by atoms with Crippen molar-refractivity contribution in [1.82, 2.24) is 19.4 Å². The number of hydrogen-bond acceptors (Lipinski definition) is 6. The standard InChI is InChI=1S/C17H16N4O2S2.ClH/c1-19-5-3-9-11(7-19)25-14-13(9)16(23)21-12(18-14)8-20(2)15(22)10-4-6-24-17(10)21;/h4,6H,3,5,7-8H2,1-2H3;1H. The van der Waals surface area contributed by atoms with Crippen LogP contribution in [0.15, 0.2) is 16.2 Å². The van der Waals surface area contributed by atoms with E-state index in [-0.39, 0.29) is 23.9 Å². The highest BCUT2D eigenvalue weighted by molar-refractivity contribution is 7.18. The predicted octanol–water partition coefficient (Wildman–Crippen LogP) is 2.50. The van der Waals surface area contributed by atoms with Crippen molar-refractivity contribution in [2.45, 2.75) is 19.5 Å². The average Bonchev–Trinajstić information content (AvgIpc) is 3.15. The van der Waals surface area contributed by atoms with Crippen molar-refractivity contribution in [3.05, 3.63) is 43.6 Å². The molecule has 26 heavy (non-hydrogen) atoms. The molecule has 0 aliphatic carbocycles. The molecule has 0 saturated heterocycles. The molecule has 0 fully saturated rings. The van der Waals surface area contributed by atoms with Gasteiger partial charge in [-0.2, -0.15) is 0 Å². The normalized spacial score (nSPS) is 16.7. The molecule has 3 aromatic heterocycles. The van der Waals surface area contributed by atoms with Gasteiger partial charge in [0.05, 0.1) is 17.5 Å². The second-order valence-electron chi connectivity index (χ2n) is 6.64. The molecular weight excluding hydrogens is 392 g/mol. The summed E-state index contributed by atoms with van der Waals surface area (Å²) in [5, 5.41) is 3.30. The number of hydrogen-bond donors (Lipinski definition) is 0. The fraction of sp³-hybridized carbons (Fsp3) is 0.353. The molecule has 9 heteroatoms. The fourth-order valence-electron chi connectivity index (χ4n) is 3.65. The lowest BCUT2D eigenvalue weighted by atomic mass is 10.1. The maximum Gasteiger partial charge on any atom is 0.267 e. The number of carbonyl (C=O) groups is 1. The highest BCUT2D eigenvalue weighted by Gasteiger charge is 2.30. The zero-order valence-electron chi connectivity index (χ0n) is 14.3. The molecule has 6 nitrogen and oxygen atoms in total. The smallest absolute Gasteiger partial charge is 0.267 e. The Morgan fingerprint density at radius 3 is 2.81 bits per heavy atom. The minimum absolute atomic E-state index is 0. The van der Waals surface area contributed by atoms with Crippen molar-refractivity contribution in [3.63, 3.8) is 0 Å². The summed E-state index contributed by atoms with van der Waals surface area (Å²) in [5.74, 6) is 0.578. The molecule has 0 bridgehead atoms. The van der Waals surface area contributed by atoms with E-state index in [9.17, 15) is 9.59 Å². The summed E-state index contributed by atoms with van der Waals surface area (Å²) in [4.78, 5) is 36.7. The molecule has 1 amide bonds. The number of likely N-dealkylation sites (N-methyl/N-ethyl adjacent to an activating group) is 1. The number of fused-ring (bicyclic) bond motifs is 6. The third kappa shape index (κ3) is 2.36. The molecule has 0 saturated carbocycles. The van der Waals surface area contributed by atoms with Crippen LogP contribution in [0.3, 0.4) is 0 Å². The minimum Gasteiger partial charge on any atom is -0.334 e. The van der Waals surface area contributed by atoms with Gasteiger partial charge in [0.1, 0.15) is 15.7 Å². The first kappa shape index (κ1) is 17.7. The molecule has 3 aromatic rings. The van der Waals surface area contributed by atoms with Crippen LogP contribution in [0.25, 0.3) is 15.2 Å². The second-order valence-corrected chi connectivity index (χ2v) is 8.62. The first-order valence-corrected chi connectivity index (χ1v) is 9.82. The van der Waals surface area contributed by atoms with Crippen LogP contribution < -0.4 is 5.56 Å². The van der Waals surface area contributed by atoms with E-state index < -0.39 is 0 Å². The minimum atomic E-state index is -0.0619. The van der Waals surface area contributed by atoms with E-state index in [0.29, 0.717) is 22.9 Å². The van der Waals surface area contributed by atoms with Gasteiger partial charge < -0.3 is 9.80 Å². The van der Waals surface area contributed by atoms with E-state index in [2.05, 4.69) is 11.9 Å². The number of rotatable bonds is 0. The maximum atomic E-state index is 13.4. The summed E-state index contributed by atoms with van der Waals surface area (Å²) in [6, 6.07) is 1.79. The van der Waals surface area contributed by atoms with Gasteiger partial charge in [-0.3, -0.25) is 14.2 Å². The number of thiophene rings is 2. The van der Waals surface area contributed by atoms with E-state index >= 15 is 0 Å². The Balaban J connectivity index is 0.00000168. The third-order valence-electron chi connectivity index (χ3n) is 4.94. The topological polar surface area (TPSA) is 58.4 Å². The second kappa shape index (κ2) is 6.16. The van der Waals surface area contributed by atoms with Gasteiger partial charge in [0, 0.05) is 25.0 Å². The average molecular weight is 409 g/mol. The number of nitrogens with zero attached hydrogens (tertiary/aromatic N) is 4. The summed E-state index contributed by atoms with van der Waals surface area (Å²) in [6.45, 7) is 2.16. The van der Waals surface area contributed by atoms with Gasteiger partial charge in [-0.15, -0.1) is 35.1 Å². The van der Waals surface area contributed by atoms with Crippen LogP contribution in [0.5, 0.6) is 0 Å². The fourth-order valence-corrected chi connectivity index (χ4v) is 5.87. The van der Waals surface area contributed by atoms with Crippen LogP contribution in [-0.4, -0.2) is 45.9 Å². The largest absolute Gasteiger partial charge is 0.334 e. The number of carbonyl (C=O) groups excluding carboxylic acids is 1. The van der Waals surface area contributed by atoms with Crippen LogP contribution in [0.1, 0.15) is 26.6 Å². The monoisotopic (exact) mass is 408 g/mol. The van der Waals surface area contributed by atoms with Crippen LogP contribution in [-0.2, 0) is 19.5 Å². The van der Waals surface area contributed by atoms with Gasteiger partial charge in [0.2, 0.25) is 0 Å². The molecule has 5 heterocycles. The van der Waals surface area contributed by atoms with Gasteiger partial charge in [-0.1, -0.05) is 0 Å². The number of aromatic nitrogens is 2. The van der Waals surface area contributed by atoms with E-state index in [1.165, 1.54) is 16.2 Å². The lowest BCUT2D eigenvalue weighted by Crippen LogP contribution is -2.28. The molecule has 5 rings (SSSR count). The summed E-state index contributed by atoms with van der Waals surface area (Å²) in [6.07, 6.45) is 0.873. The molecule has 0 unspecified atom stereocenters. The molecule has 2 aliphatic rings. The molecule has 0 radical (unpaired) electrons. The third-order valence-corrected chi connectivity index (χ3v) is 6.95. The Morgan fingerprint density at radius 2 is 2.00 bits per heavy atom. The van der Waals surface area contributed by atoms with Crippen molar-refractivity contribution in [1.29, 1.82) is 0 Å². The molecular formula is C17H17ClN4O2S2. The Kier molecular flexibility index (Phi) is 4.18. The number of halogens is 1. The van der Waals surface area contributed by atoms with Crippen molar-refractivity contribution in [2.75, 3.05) is 20.6 Å². The number of amides is 1. The van der Waals surface area contributed by atoms with Crippen LogP contribution >= 0.6 is 35.1 Å². The Labute approximate surface area is 164 Å². The lowest BCUT2D eigenvalue weighted by molar-refractivity contribution is 0.0786. The molecule has 2 aliphatic heterocycles. The van der Waals surface area contributed by atoms with Crippen molar-refractivity contribution < 1.29 is 4.79 Å². The zero-order chi connectivity index (χ0) is 17.3. The van der Waals surface area contributed by atoms with E-state index in [0.717, 1.165) is 35.3 Å². The van der Waals surface area contributed by atoms with Gasteiger partial charge in [-0.25, -0.2) is 4.98 Å². The molecule has 0 spiro atoms. The van der Waals surface area contributed by atoms with Crippen molar-refractivity contribution in [2.24, 2.45) is 0 Å². The van der Waals surface area contributed by atoms with E-state index in [4.69, 9.17) is 4.98 Å². The summed E-state index contributed by atoms with van der Waals surface area (Å²) < 4.78 is 1.66. The van der Waals surface area contributed by atoms with Gasteiger partial charge in [-0.05, 0) is 30.5 Å². The Hall–Kier alpha value is -1.74. The maximum absolute atomic E-state index is 13.4. The summed E-state index contributed by atoms with van der Waals surface area (Å²) in [5.41, 5.74) is 1.69. The highest BCUT2D eigenvalue weighted by atomic mass is 35.5. The van der Waals surface area contributed by atoms with Gasteiger partial charge in [0.25, 0.3) is 11.5 Å². The van der Waals surface area contributed by atoms with Gasteiger partial charge >= 0.3 is 0 Å². The lowest BCUT2D eigenvalue weighted by Gasteiger charge is -2.21. The van der Waals surface area contributed by atoms with Crippen LogP contribution in [0.4, 0.5) is 0 Å². The zero-order valence-corrected chi connectivity index (χ0v) is 16.8. The van der Waals surface area contributed by atoms with E-state index in [1.54, 1.807) is 33.9 Å². The SMILES string of the molecule is CN1CCc2c(sc3nc4n(c(=O)c23)-c2sccc2C(=O)N(C)C4)C1.Cl. The Bertz CT molecular complexity index is 1100. The summed E-state index contributed by atoms with van der Waals surface area (Å²) in [7, 11) is 3.85. The van der Waals surface area contributed by atoms with Crippen LogP contribution in [0, 0.1) is 0 Å². The molecule has 0 N–H and O–H groups in total. The van der Waals surface area contributed by atoms with Crippen molar-refractivity contribution >= 4 is 51.2 Å². The summed E-state index contributed by atoms with van der Waals surface area (Å²) >= 11 is 3.04. The first-order chi connectivity index (χ1) is 12.0.